The van der Waals surface area contributed by atoms with Crippen LogP contribution in [0.25, 0.3) is 0 Å². The molecule has 4 amide bonds. The molecule has 4 aliphatic rings. The minimum Gasteiger partial charge on any atom is -0.352 e. The summed E-state index contributed by atoms with van der Waals surface area (Å²) in [7, 11) is 0. The number of benzene rings is 1. The maximum Gasteiger partial charge on any atom is 0.234 e. The Labute approximate surface area is 337 Å². The van der Waals surface area contributed by atoms with E-state index in [-0.39, 0.29) is 57.4 Å². The van der Waals surface area contributed by atoms with Crippen LogP contribution >= 0.6 is 22.9 Å². The summed E-state index contributed by atoms with van der Waals surface area (Å²) in [4.78, 5) is 59.0. The average molecular weight is 799 g/mol. The van der Waals surface area contributed by atoms with Crippen LogP contribution in [0.2, 0.25) is 5.02 Å². The second kappa shape index (κ2) is 16.8. The largest absolute Gasteiger partial charge is 0.352 e. The van der Waals surface area contributed by atoms with Crippen LogP contribution in [0.3, 0.4) is 0 Å². The topological polar surface area (TPSA) is 136 Å². The van der Waals surface area contributed by atoms with Crippen molar-refractivity contribution in [1.82, 2.24) is 36.1 Å². The highest BCUT2D eigenvalue weighted by molar-refractivity contribution is 7.11. The first-order chi connectivity index (χ1) is 25.5. The van der Waals surface area contributed by atoms with Gasteiger partial charge in [-0.05, 0) is 109 Å². The monoisotopic (exact) mass is 797 g/mol. The normalized spacial score (nSPS) is 20.3. The van der Waals surface area contributed by atoms with Crippen molar-refractivity contribution in [2.75, 3.05) is 39.3 Å². The van der Waals surface area contributed by atoms with Gasteiger partial charge in [0.1, 0.15) is 0 Å². The van der Waals surface area contributed by atoms with E-state index in [0.29, 0.717) is 37.1 Å². The number of thiazole rings is 1. The molecule has 4 fully saturated rings. The fourth-order valence-corrected chi connectivity index (χ4v) is 9.81. The Morgan fingerprint density at radius 1 is 0.800 bits per heavy atom. The van der Waals surface area contributed by atoms with Crippen molar-refractivity contribution in [3.05, 3.63) is 49.9 Å². The molecule has 13 heteroatoms. The molecule has 0 atom stereocenters. The highest BCUT2D eigenvalue weighted by Gasteiger charge is 2.55. The van der Waals surface area contributed by atoms with Gasteiger partial charge in [0, 0.05) is 71.5 Å². The Morgan fingerprint density at radius 2 is 1.25 bits per heavy atom. The van der Waals surface area contributed by atoms with Gasteiger partial charge in [-0.15, -0.1) is 11.3 Å². The van der Waals surface area contributed by atoms with Gasteiger partial charge in [-0.3, -0.25) is 29.0 Å². The van der Waals surface area contributed by atoms with Crippen molar-refractivity contribution in [2.45, 2.75) is 125 Å². The molecule has 1 aromatic carbocycles. The van der Waals surface area contributed by atoms with Crippen molar-refractivity contribution in [2.24, 2.45) is 22.7 Å². The van der Waals surface area contributed by atoms with Crippen molar-refractivity contribution in [3.8, 4) is 0 Å². The highest BCUT2D eigenvalue weighted by atomic mass is 35.5. The smallest absolute Gasteiger partial charge is 0.234 e. The number of aryl methyl sites for hydroxylation is 2. The highest BCUT2D eigenvalue weighted by Crippen LogP contribution is 2.52. The lowest BCUT2D eigenvalue weighted by Gasteiger charge is -2.58. The standard InChI is InChI=1S/C21H30ClN3O2.C21H34N4O2S/c1-14-5-6-15(17(22)7-14)10-23-19(27)16-8-21(9-16)12-25(13-21)11-18(26)24-20(2,3)4;1-13(2)19-23-14(3)16(28-19)9-22-18(27)15-7-21(8-15)11-25(12-21)10-17(26)24-20(4,5)6/h5-7,16H,8-13H2,1-4H3,(H,23,27)(H,24,26);13,15H,7-12H2,1-6H3,(H,22,27)(H,24,26). The summed E-state index contributed by atoms with van der Waals surface area (Å²) >= 11 is 7.93. The summed E-state index contributed by atoms with van der Waals surface area (Å²) in [5, 5.41) is 13.9. The number of aromatic nitrogens is 1. The van der Waals surface area contributed by atoms with Gasteiger partial charge in [0.15, 0.2) is 0 Å². The molecule has 1 aromatic heterocycles. The van der Waals surface area contributed by atoms with Gasteiger partial charge in [-0.1, -0.05) is 37.6 Å². The zero-order chi connectivity index (χ0) is 40.5. The molecule has 2 saturated heterocycles. The van der Waals surface area contributed by atoms with E-state index in [4.69, 9.17) is 11.6 Å². The molecule has 6 rings (SSSR count). The Balaban J connectivity index is 0.000000211. The van der Waals surface area contributed by atoms with E-state index in [9.17, 15) is 19.2 Å². The minimum absolute atomic E-state index is 0.0703. The molecule has 2 aromatic rings. The molecule has 2 aliphatic carbocycles. The Bertz CT molecular complexity index is 1720. The maximum atomic E-state index is 12.5. The van der Waals surface area contributed by atoms with Crippen molar-refractivity contribution < 1.29 is 19.2 Å². The number of carbonyl (C=O) groups excluding carboxylic acids is 4. The third-order valence-electron chi connectivity index (χ3n) is 10.9. The molecular formula is C42H64ClN7O4S. The van der Waals surface area contributed by atoms with E-state index in [1.54, 1.807) is 11.3 Å². The maximum absolute atomic E-state index is 12.5. The number of rotatable bonds is 11. The molecular weight excluding hydrogens is 734 g/mol. The van der Waals surface area contributed by atoms with Gasteiger partial charge in [0.2, 0.25) is 23.6 Å². The summed E-state index contributed by atoms with van der Waals surface area (Å²) in [6.45, 7) is 25.9. The van der Waals surface area contributed by atoms with Gasteiger partial charge in [0.05, 0.1) is 30.3 Å². The molecule has 4 N–H and O–H groups in total. The molecule has 3 heterocycles. The first-order valence-electron chi connectivity index (χ1n) is 19.8. The lowest BCUT2D eigenvalue weighted by Crippen LogP contribution is -2.65. The molecule has 2 spiro atoms. The number of amides is 4. The number of likely N-dealkylation sites (tertiary alicyclic amines) is 2. The SMILES string of the molecule is Cc1ccc(CNC(=O)C2CC3(C2)CN(CC(=O)NC(C)(C)C)C3)c(Cl)c1.Cc1nc(C(C)C)sc1CNC(=O)C1CC2(C1)CN(CC(=O)NC(C)(C)C)C2. The predicted octanol–water partition coefficient (Wildman–Crippen LogP) is 5.71. The fourth-order valence-electron chi connectivity index (χ4n) is 8.50. The van der Waals surface area contributed by atoms with Gasteiger partial charge >= 0.3 is 0 Å². The number of carbonyl (C=O) groups is 4. The molecule has 304 valence electrons. The minimum atomic E-state index is -0.195. The lowest BCUT2D eigenvalue weighted by molar-refractivity contribution is -0.148. The summed E-state index contributed by atoms with van der Waals surface area (Å²) in [5.41, 5.74) is 3.21. The molecule has 2 saturated carbocycles. The molecule has 0 radical (unpaired) electrons. The number of nitrogens with one attached hydrogen (secondary N) is 4. The number of hydrogen-bond acceptors (Lipinski definition) is 8. The first kappa shape index (κ1) is 43.1. The molecule has 0 bridgehead atoms. The number of halogens is 1. The zero-order valence-corrected chi connectivity index (χ0v) is 36.3. The van der Waals surface area contributed by atoms with E-state index < -0.39 is 0 Å². The van der Waals surface area contributed by atoms with Crippen molar-refractivity contribution in [1.29, 1.82) is 0 Å². The third kappa shape index (κ3) is 11.7. The van der Waals surface area contributed by atoms with E-state index in [1.165, 1.54) is 0 Å². The molecule has 2 aliphatic heterocycles. The first-order valence-corrected chi connectivity index (χ1v) is 21.0. The molecule has 55 heavy (non-hydrogen) atoms. The van der Waals surface area contributed by atoms with Crippen LogP contribution in [0.1, 0.15) is 114 Å². The van der Waals surface area contributed by atoms with Gasteiger partial charge in [0.25, 0.3) is 0 Å². The lowest BCUT2D eigenvalue weighted by atomic mass is 9.57. The fraction of sp³-hybridized carbons (Fsp3) is 0.690. The second-order valence-corrected chi connectivity index (χ2v) is 20.9. The summed E-state index contributed by atoms with van der Waals surface area (Å²) in [6.07, 6.45) is 3.71. The van der Waals surface area contributed by atoms with Crippen LogP contribution in [0.5, 0.6) is 0 Å². The summed E-state index contributed by atoms with van der Waals surface area (Å²) in [5.74, 6) is 1.04. The van der Waals surface area contributed by atoms with Crippen LogP contribution < -0.4 is 21.3 Å². The van der Waals surface area contributed by atoms with Gasteiger partial charge in [-0.2, -0.15) is 0 Å². The Kier molecular flexibility index (Phi) is 13.2. The zero-order valence-electron chi connectivity index (χ0n) is 34.7. The number of nitrogens with zero attached hydrogens (tertiary/aromatic N) is 3. The van der Waals surface area contributed by atoms with Crippen molar-refractivity contribution in [3.63, 3.8) is 0 Å². The summed E-state index contributed by atoms with van der Waals surface area (Å²) in [6, 6.07) is 5.89. The molecule has 0 unspecified atom stereocenters. The van der Waals surface area contributed by atoms with Crippen LogP contribution in [0.4, 0.5) is 0 Å². The van der Waals surface area contributed by atoms with Gasteiger partial charge < -0.3 is 21.3 Å². The molecule has 11 nitrogen and oxygen atoms in total. The second-order valence-electron chi connectivity index (χ2n) is 19.3. The Morgan fingerprint density at radius 3 is 1.65 bits per heavy atom. The Hall–Kier alpha value is -3.06. The van der Waals surface area contributed by atoms with Crippen LogP contribution in [0, 0.1) is 36.5 Å². The van der Waals surface area contributed by atoms with Crippen LogP contribution in [0.15, 0.2) is 18.2 Å². The average Bonchev–Trinajstić information content (AvgIpc) is 3.35. The van der Waals surface area contributed by atoms with E-state index in [1.807, 2.05) is 73.6 Å². The van der Waals surface area contributed by atoms with E-state index in [0.717, 1.165) is 78.6 Å². The van der Waals surface area contributed by atoms with Crippen LogP contribution in [-0.4, -0.2) is 88.8 Å². The van der Waals surface area contributed by atoms with Crippen molar-refractivity contribution >= 4 is 46.6 Å². The van der Waals surface area contributed by atoms with Gasteiger partial charge in [-0.25, -0.2) is 4.98 Å². The quantitative estimate of drug-likeness (QED) is 0.229. The van der Waals surface area contributed by atoms with E-state index in [2.05, 4.69) is 49.9 Å². The predicted molar refractivity (Wildman–Crippen MR) is 220 cm³/mol. The van der Waals surface area contributed by atoms with E-state index >= 15 is 0 Å². The number of hydrogen-bond donors (Lipinski definition) is 4. The third-order valence-corrected chi connectivity index (χ3v) is 12.8. The van der Waals surface area contributed by atoms with Crippen LogP contribution in [-0.2, 0) is 32.3 Å². The summed E-state index contributed by atoms with van der Waals surface area (Å²) < 4.78 is 0.